The number of hydrogen-bond acceptors (Lipinski definition) is 1. The fourth-order valence-electron chi connectivity index (χ4n) is 0.884. The molecule has 0 amide bonds. The van der Waals surface area contributed by atoms with Crippen LogP contribution in [-0.4, -0.2) is 6.54 Å². The smallest absolute Gasteiger partial charge is 0.0242 e. The highest BCUT2D eigenvalue weighted by molar-refractivity contribution is 5.14. The minimum Gasteiger partial charge on any atom is -0.390 e. The first-order valence-corrected chi connectivity index (χ1v) is 2.87. The van der Waals surface area contributed by atoms with Crippen molar-refractivity contribution in [2.45, 2.75) is 6.92 Å². The van der Waals surface area contributed by atoms with Gasteiger partial charge >= 0.3 is 0 Å². The van der Waals surface area contributed by atoms with Gasteiger partial charge in [0.1, 0.15) is 0 Å². The average molecular weight is 109 g/mol. The molecule has 0 saturated heterocycles. The molecular formula is C7H11N. The van der Waals surface area contributed by atoms with E-state index in [0.29, 0.717) is 5.92 Å². The second kappa shape index (κ2) is 2.03. The fraction of sp³-hybridized carbons (Fsp3) is 0.429. The Morgan fingerprint density at radius 1 is 2.00 bits per heavy atom. The Kier molecular flexibility index (Phi) is 1.38. The number of nitrogens with one attached hydrogen (secondary N) is 1. The minimum atomic E-state index is 0.579. The summed E-state index contributed by atoms with van der Waals surface area (Å²) in [6.45, 7) is 6.87. The van der Waals surface area contributed by atoms with Crippen LogP contribution >= 0.6 is 0 Å². The number of hydrogen-bond donors (Lipinski definition) is 1. The van der Waals surface area contributed by atoms with Crippen LogP contribution in [0.5, 0.6) is 0 Å². The summed E-state index contributed by atoms with van der Waals surface area (Å²) < 4.78 is 0. The van der Waals surface area contributed by atoms with Gasteiger partial charge in [0.05, 0.1) is 0 Å². The molecule has 1 heteroatoms. The van der Waals surface area contributed by atoms with Crippen LogP contribution in [0.1, 0.15) is 6.92 Å². The van der Waals surface area contributed by atoms with Crippen molar-refractivity contribution in [2.24, 2.45) is 5.92 Å². The third-order valence-electron chi connectivity index (χ3n) is 1.54. The van der Waals surface area contributed by atoms with Gasteiger partial charge in [0.25, 0.3) is 0 Å². The van der Waals surface area contributed by atoms with Crippen LogP contribution in [0.15, 0.2) is 24.4 Å². The molecule has 1 heterocycles. The van der Waals surface area contributed by atoms with Crippen molar-refractivity contribution in [2.75, 3.05) is 6.54 Å². The first-order valence-electron chi connectivity index (χ1n) is 2.87. The van der Waals surface area contributed by atoms with E-state index >= 15 is 0 Å². The quantitative estimate of drug-likeness (QED) is 0.500. The van der Waals surface area contributed by atoms with Gasteiger partial charge in [-0.05, 0) is 18.7 Å². The van der Waals surface area contributed by atoms with Crippen LogP contribution in [-0.2, 0) is 0 Å². The molecule has 0 saturated carbocycles. The summed E-state index contributed by atoms with van der Waals surface area (Å²) >= 11 is 0. The Labute approximate surface area is 50.1 Å². The maximum atomic E-state index is 3.71. The van der Waals surface area contributed by atoms with Crippen molar-refractivity contribution in [1.29, 1.82) is 0 Å². The van der Waals surface area contributed by atoms with E-state index in [4.69, 9.17) is 0 Å². The van der Waals surface area contributed by atoms with Crippen LogP contribution in [0.2, 0.25) is 0 Å². The van der Waals surface area contributed by atoms with Gasteiger partial charge in [0.2, 0.25) is 0 Å². The van der Waals surface area contributed by atoms with Gasteiger partial charge in [0.15, 0.2) is 0 Å². The van der Waals surface area contributed by atoms with Crippen molar-refractivity contribution in [3.8, 4) is 0 Å². The molecule has 44 valence electrons. The first-order chi connectivity index (χ1) is 3.84. The van der Waals surface area contributed by atoms with Gasteiger partial charge in [-0.15, -0.1) is 6.58 Å². The minimum absolute atomic E-state index is 0.579. The molecule has 0 aliphatic carbocycles. The van der Waals surface area contributed by atoms with Crippen LogP contribution < -0.4 is 5.32 Å². The van der Waals surface area contributed by atoms with Crippen LogP contribution in [0.3, 0.4) is 0 Å². The van der Waals surface area contributed by atoms with E-state index in [0.717, 1.165) is 6.54 Å². The summed E-state index contributed by atoms with van der Waals surface area (Å²) in [4.78, 5) is 0. The lowest BCUT2D eigenvalue weighted by atomic mass is 10.1. The first kappa shape index (κ1) is 5.42. The Balaban J connectivity index is 2.58. The molecule has 0 aromatic rings. The third-order valence-corrected chi connectivity index (χ3v) is 1.54. The molecule has 1 rings (SSSR count). The molecule has 1 atom stereocenters. The lowest BCUT2D eigenvalue weighted by Gasteiger charge is -2.00. The summed E-state index contributed by atoms with van der Waals surface area (Å²) in [5, 5.41) is 3.14. The van der Waals surface area contributed by atoms with E-state index < -0.39 is 0 Å². The number of rotatable bonds is 1. The van der Waals surface area contributed by atoms with Crippen molar-refractivity contribution in [1.82, 2.24) is 5.32 Å². The van der Waals surface area contributed by atoms with E-state index in [1.807, 2.05) is 12.3 Å². The summed E-state index contributed by atoms with van der Waals surface area (Å²) in [6, 6.07) is 0. The Hall–Kier alpha value is -0.720. The van der Waals surface area contributed by atoms with Crippen LogP contribution in [0, 0.1) is 5.92 Å². The molecule has 0 fully saturated rings. The molecule has 1 N–H and O–H groups in total. The van der Waals surface area contributed by atoms with Gasteiger partial charge in [-0.1, -0.05) is 6.08 Å². The maximum absolute atomic E-state index is 3.71. The molecule has 0 radical (unpaired) electrons. The predicted molar refractivity (Wildman–Crippen MR) is 35.4 cm³/mol. The van der Waals surface area contributed by atoms with Crippen LogP contribution in [0.4, 0.5) is 0 Å². The van der Waals surface area contributed by atoms with Gasteiger partial charge in [-0.25, -0.2) is 0 Å². The van der Waals surface area contributed by atoms with Gasteiger partial charge in [-0.2, -0.15) is 0 Å². The molecule has 1 aliphatic rings. The van der Waals surface area contributed by atoms with Gasteiger partial charge in [-0.3, -0.25) is 0 Å². The zero-order valence-electron chi connectivity index (χ0n) is 5.15. The van der Waals surface area contributed by atoms with Crippen molar-refractivity contribution in [3.05, 3.63) is 24.4 Å². The second-order valence-corrected chi connectivity index (χ2v) is 2.14. The van der Waals surface area contributed by atoms with E-state index in [1.54, 1.807) is 0 Å². The summed E-state index contributed by atoms with van der Waals surface area (Å²) in [5.41, 5.74) is 1.39. The Bertz CT molecular complexity index is 124. The predicted octanol–water partition coefficient (Wildman–Crippen LogP) is 1.30. The SMILES string of the molecule is C=CC1CNC=C1C. The third kappa shape index (κ3) is 0.760. The monoisotopic (exact) mass is 109 g/mol. The fourth-order valence-corrected chi connectivity index (χ4v) is 0.884. The molecule has 8 heavy (non-hydrogen) atoms. The Morgan fingerprint density at radius 3 is 3.00 bits per heavy atom. The van der Waals surface area contributed by atoms with E-state index in [2.05, 4.69) is 18.8 Å². The largest absolute Gasteiger partial charge is 0.390 e. The molecule has 0 aromatic carbocycles. The molecule has 0 spiro atoms. The summed E-state index contributed by atoms with van der Waals surface area (Å²) in [7, 11) is 0. The lowest BCUT2D eigenvalue weighted by molar-refractivity contribution is 0.765. The maximum Gasteiger partial charge on any atom is 0.0242 e. The van der Waals surface area contributed by atoms with E-state index in [-0.39, 0.29) is 0 Å². The zero-order chi connectivity index (χ0) is 5.98. The highest BCUT2D eigenvalue weighted by Gasteiger charge is 2.09. The summed E-state index contributed by atoms with van der Waals surface area (Å²) in [6.07, 6.45) is 4.03. The van der Waals surface area contributed by atoms with Crippen molar-refractivity contribution >= 4 is 0 Å². The second-order valence-electron chi connectivity index (χ2n) is 2.14. The van der Waals surface area contributed by atoms with E-state index in [9.17, 15) is 0 Å². The molecule has 1 nitrogen and oxygen atoms in total. The molecular weight excluding hydrogens is 98.1 g/mol. The van der Waals surface area contributed by atoms with Crippen molar-refractivity contribution < 1.29 is 0 Å². The lowest BCUT2D eigenvalue weighted by Crippen LogP contribution is -2.06. The average Bonchev–Trinajstić information content (AvgIpc) is 2.14. The zero-order valence-corrected chi connectivity index (χ0v) is 5.15. The highest BCUT2D eigenvalue weighted by Crippen LogP contribution is 2.13. The standard InChI is InChI=1S/C7H11N/c1-3-7-5-8-4-6(7)2/h3-4,7-8H,1,5H2,2H3. The van der Waals surface area contributed by atoms with Crippen LogP contribution in [0.25, 0.3) is 0 Å². The van der Waals surface area contributed by atoms with Gasteiger partial charge in [0, 0.05) is 12.5 Å². The van der Waals surface area contributed by atoms with Crippen molar-refractivity contribution in [3.63, 3.8) is 0 Å². The summed E-state index contributed by atoms with van der Waals surface area (Å²) in [5.74, 6) is 0.579. The van der Waals surface area contributed by atoms with E-state index in [1.165, 1.54) is 5.57 Å². The highest BCUT2D eigenvalue weighted by atomic mass is 14.9. The molecule has 1 aliphatic heterocycles. The normalized spacial score (nSPS) is 26.6. The Morgan fingerprint density at radius 2 is 2.75 bits per heavy atom. The van der Waals surface area contributed by atoms with Gasteiger partial charge < -0.3 is 5.32 Å². The topological polar surface area (TPSA) is 12.0 Å². The molecule has 0 aromatic heterocycles. The molecule has 1 unspecified atom stereocenters. The molecule has 0 bridgehead atoms.